The Balaban J connectivity index is 2.42. The van der Waals surface area contributed by atoms with Crippen molar-refractivity contribution in [3.05, 3.63) is 42.5 Å². The fraction of sp³-hybridized carbons (Fsp3) is 0.333. The number of nitrogens with one attached hydrogen (secondary N) is 1. The molecule has 0 unspecified atom stereocenters. The van der Waals surface area contributed by atoms with Crippen LogP contribution in [0.4, 0.5) is 5.69 Å². The van der Waals surface area contributed by atoms with Crippen molar-refractivity contribution in [1.29, 1.82) is 0 Å². The number of hydrogen-bond donors (Lipinski definition) is 2. The lowest BCUT2D eigenvalue weighted by Gasteiger charge is -2.06. The summed E-state index contributed by atoms with van der Waals surface area (Å²) in [5.74, 6) is 1.53. The van der Waals surface area contributed by atoms with E-state index in [1.165, 1.54) is 0 Å². The fourth-order valence-corrected chi connectivity index (χ4v) is 3.23. The van der Waals surface area contributed by atoms with Crippen LogP contribution in [-0.4, -0.2) is 26.5 Å². The van der Waals surface area contributed by atoms with Crippen molar-refractivity contribution >= 4 is 27.5 Å². The maximum Gasteiger partial charge on any atom is 0.215 e. The lowest BCUT2D eigenvalue weighted by molar-refractivity contribution is 0.583. The van der Waals surface area contributed by atoms with Crippen molar-refractivity contribution in [1.82, 2.24) is 4.72 Å². The molecule has 0 saturated heterocycles. The summed E-state index contributed by atoms with van der Waals surface area (Å²) >= 11 is 1.64. The maximum atomic E-state index is 11.8. The zero-order chi connectivity index (χ0) is 13.4. The van der Waals surface area contributed by atoms with Crippen LogP contribution < -0.4 is 10.5 Å². The van der Waals surface area contributed by atoms with Gasteiger partial charge >= 0.3 is 0 Å². The Morgan fingerprint density at radius 1 is 1.44 bits per heavy atom. The highest BCUT2D eigenvalue weighted by Crippen LogP contribution is 2.09. The molecule has 0 aliphatic carbocycles. The maximum absolute atomic E-state index is 11.8. The van der Waals surface area contributed by atoms with Gasteiger partial charge in [0.2, 0.25) is 10.0 Å². The van der Waals surface area contributed by atoms with E-state index in [1.807, 2.05) is 0 Å². The monoisotopic (exact) mass is 286 g/mol. The first-order valence-electron chi connectivity index (χ1n) is 5.54. The summed E-state index contributed by atoms with van der Waals surface area (Å²) in [7, 11) is -3.28. The second kappa shape index (κ2) is 7.45. The van der Waals surface area contributed by atoms with Crippen molar-refractivity contribution in [2.24, 2.45) is 0 Å². The van der Waals surface area contributed by atoms with Gasteiger partial charge in [0.25, 0.3) is 0 Å². The molecule has 6 heteroatoms. The molecule has 100 valence electrons. The lowest BCUT2D eigenvalue weighted by atomic mass is 10.2. The SMILES string of the molecule is C=CCSCCNS(=O)(=O)Cc1cccc(N)c1. The first-order valence-corrected chi connectivity index (χ1v) is 8.34. The van der Waals surface area contributed by atoms with Gasteiger partial charge < -0.3 is 5.73 Å². The molecule has 0 fully saturated rings. The topological polar surface area (TPSA) is 72.2 Å². The molecule has 0 aliphatic rings. The first-order chi connectivity index (χ1) is 8.53. The largest absolute Gasteiger partial charge is 0.399 e. The predicted octanol–water partition coefficient (Wildman–Crippen LogP) is 1.61. The lowest BCUT2D eigenvalue weighted by Crippen LogP contribution is -2.27. The summed E-state index contributed by atoms with van der Waals surface area (Å²) in [4.78, 5) is 0. The zero-order valence-electron chi connectivity index (χ0n) is 10.1. The van der Waals surface area contributed by atoms with Crippen LogP contribution in [0.1, 0.15) is 5.56 Å². The van der Waals surface area contributed by atoms with Gasteiger partial charge in [-0.05, 0) is 17.7 Å². The standard InChI is InChI=1S/C12H18N2O2S2/c1-2-7-17-8-6-14-18(15,16)10-11-4-3-5-12(13)9-11/h2-5,9,14H,1,6-8,10,13H2. The minimum Gasteiger partial charge on any atom is -0.399 e. The molecular formula is C12H18N2O2S2. The normalized spacial score (nSPS) is 11.3. The van der Waals surface area contributed by atoms with Crippen LogP contribution >= 0.6 is 11.8 Å². The molecule has 0 heterocycles. The number of nitrogens with two attached hydrogens (primary N) is 1. The second-order valence-corrected chi connectivity index (χ2v) is 6.72. The Morgan fingerprint density at radius 2 is 2.22 bits per heavy atom. The number of hydrogen-bond acceptors (Lipinski definition) is 4. The van der Waals surface area contributed by atoms with E-state index in [0.29, 0.717) is 17.8 Å². The third kappa shape index (κ3) is 6.09. The molecule has 0 atom stereocenters. The van der Waals surface area contributed by atoms with Gasteiger partial charge in [-0.3, -0.25) is 0 Å². The third-order valence-electron chi connectivity index (χ3n) is 2.11. The summed E-state index contributed by atoms with van der Waals surface area (Å²) in [5.41, 5.74) is 6.87. The average molecular weight is 286 g/mol. The minimum atomic E-state index is -3.28. The van der Waals surface area contributed by atoms with Crippen LogP contribution in [0.2, 0.25) is 0 Å². The van der Waals surface area contributed by atoms with Gasteiger partial charge in [-0.25, -0.2) is 13.1 Å². The van der Waals surface area contributed by atoms with E-state index in [0.717, 1.165) is 11.5 Å². The van der Waals surface area contributed by atoms with Crippen LogP contribution in [-0.2, 0) is 15.8 Å². The quantitative estimate of drug-likeness (QED) is 0.432. The fourth-order valence-electron chi connectivity index (χ4n) is 1.39. The molecule has 1 aromatic carbocycles. The molecule has 0 saturated carbocycles. The molecule has 0 aromatic heterocycles. The molecule has 1 aromatic rings. The third-order valence-corrected chi connectivity index (χ3v) is 4.43. The molecule has 3 N–H and O–H groups in total. The van der Waals surface area contributed by atoms with Gasteiger partial charge in [-0.15, -0.1) is 6.58 Å². The number of benzene rings is 1. The van der Waals surface area contributed by atoms with Crippen molar-refractivity contribution in [2.75, 3.05) is 23.8 Å². The zero-order valence-corrected chi connectivity index (χ0v) is 11.8. The molecule has 0 amide bonds. The summed E-state index contributed by atoms with van der Waals surface area (Å²) in [6.07, 6.45) is 1.80. The Bertz CT molecular complexity index is 487. The van der Waals surface area contributed by atoms with E-state index in [4.69, 9.17) is 5.73 Å². The molecule has 0 bridgehead atoms. The summed E-state index contributed by atoms with van der Waals surface area (Å²) in [5, 5.41) is 0. The van der Waals surface area contributed by atoms with Crippen molar-refractivity contribution in [2.45, 2.75) is 5.75 Å². The number of nitrogen functional groups attached to an aromatic ring is 1. The smallest absolute Gasteiger partial charge is 0.215 e. The van der Waals surface area contributed by atoms with Gasteiger partial charge in [0.15, 0.2) is 0 Å². The van der Waals surface area contributed by atoms with E-state index in [1.54, 1.807) is 42.1 Å². The Morgan fingerprint density at radius 3 is 2.89 bits per heavy atom. The highest BCUT2D eigenvalue weighted by Gasteiger charge is 2.10. The average Bonchev–Trinajstić information content (AvgIpc) is 2.28. The van der Waals surface area contributed by atoms with Gasteiger partial charge in [-0.1, -0.05) is 18.2 Å². The van der Waals surface area contributed by atoms with Crippen molar-refractivity contribution in [3.8, 4) is 0 Å². The van der Waals surface area contributed by atoms with Crippen LogP contribution in [0.5, 0.6) is 0 Å². The van der Waals surface area contributed by atoms with Crippen molar-refractivity contribution < 1.29 is 8.42 Å². The van der Waals surface area contributed by atoms with E-state index in [2.05, 4.69) is 11.3 Å². The second-order valence-electron chi connectivity index (χ2n) is 3.76. The first kappa shape index (κ1) is 15.1. The number of rotatable bonds is 8. The Labute approximate surface area is 113 Å². The van der Waals surface area contributed by atoms with Gasteiger partial charge in [0, 0.05) is 23.7 Å². The predicted molar refractivity (Wildman–Crippen MR) is 79.0 cm³/mol. The molecule has 1 rings (SSSR count). The molecule has 0 aliphatic heterocycles. The molecule has 0 radical (unpaired) electrons. The number of thioether (sulfide) groups is 1. The van der Waals surface area contributed by atoms with Gasteiger partial charge in [0.1, 0.15) is 0 Å². The van der Waals surface area contributed by atoms with E-state index in [-0.39, 0.29) is 5.75 Å². The summed E-state index contributed by atoms with van der Waals surface area (Å²) in [6, 6.07) is 6.91. The molecule has 0 spiro atoms. The van der Waals surface area contributed by atoms with Crippen LogP contribution in [0.3, 0.4) is 0 Å². The highest BCUT2D eigenvalue weighted by molar-refractivity contribution is 7.99. The number of sulfonamides is 1. The molecule has 18 heavy (non-hydrogen) atoms. The Kier molecular flexibility index (Phi) is 6.24. The summed E-state index contributed by atoms with van der Waals surface area (Å²) in [6.45, 7) is 4.03. The van der Waals surface area contributed by atoms with Gasteiger partial charge in [0.05, 0.1) is 5.75 Å². The van der Waals surface area contributed by atoms with Gasteiger partial charge in [-0.2, -0.15) is 11.8 Å². The minimum absolute atomic E-state index is 0.0375. The van der Waals surface area contributed by atoms with Crippen LogP contribution in [0.15, 0.2) is 36.9 Å². The van der Waals surface area contributed by atoms with E-state index < -0.39 is 10.0 Å². The number of anilines is 1. The molecular weight excluding hydrogens is 268 g/mol. The van der Waals surface area contributed by atoms with Crippen molar-refractivity contribution in [3.63, 3.8) is 0 Å². The molecule has 4 nitrogen and oxygen atoms in total. The van der Waals surface area contributed by atoms with E-state index in [9.17, 15) is 8.42 Å². The Hall–Kier alpha value is -0.980. The van der Waals surface area contributed by atoms with Crippen LogP contribution in [0.25, 0.3) is 0 Å². The summed E-state index contributed by atoms with van der Waals surface area (Å²) < 4.78 is 26.1. The highest BCUT2D eigenvalue weighted by atomic mass is 32.2. The van der Waals surface area contributed by atoms with E-state index >= 15 is 0 Å². The van der Waals surface area contributed by atoms with Crippen LogP contribution in [0, 0.1) is 0 Å².